The molecule has 11 heteroatoms. The molecule has 34 heavy (non-hydrogen) atoms. The van der Waals surface area contributed by atoms with Crippen molar-refractivity contribution in [3.63, 3.8) is 0 Å². The molecular weight excluding hydrogens is 458 g/mol. The fourth-order valence-corrected chi connectivity index (χ4v) is 4.55. The Labute approximate surface area is 201 Å². The van der Waals surface area contributed by atoms with Crippen LogP contribution in [0, 0.1) is 5.92 Å². The first-order valence-corrected chi connectivity index (χ1v) is 13.0. The van der Waals surface area contributed by atoms with Gasteiger partial charge in [-0.3, -0.25) is 14.4 Å². The summed E-state index contributed by atoms with van der Waals surface area (Å²) < 4.78 is 37.7. The van der Waals surface area contributed by atoms with Gasteiger partial charge in [0.25, 0.3) is 5.91 Å². The quantitative estimate of drug-likeness (QED) is 0.674. The highest BCUT2D eigenvalue weighted by atomic mass is 32.2. The van der Waals surface area contributed by atoms with E-state index in [1.54, 1.807) is 49.7 Å². The maximum Gasteiger partial charge on any atom is 0.257 e. The number of anilines is 1. The molecule has 0 aliphatic carbocycles. The Kier molecular flexibility index (Phi) is 8.45. The molecule has 1 aliphatic heterocycles. The Morgan fingerprint density at radius 1 is 1.21 bits per heavy atom. The van der Waals surface area contributed by atoms with Gasteiger partial charge in [0.2, 0.25) is 10.0 Å². The van der Waals surface area contributed by atoms with Crippen molar-refractivity contribution < 1.29 is 22.7 Å². The number of amides is 1. The Hall–Kier alpha value is -2.76. The van der Waals surface area contributed by atoms with Crippen molar-refractivity contribution >= 4 is 21.6 Å². The van der Waals surface area contributed by atoms with Crippen molar-refractivity contribution in [2.24, 2.45) is 5.92 Å². The van der Waals surface area contributed by atoms with E-state index in [1.165, 1.54) is 6.33 Å². The molecule has 2 aromatic rings. The molecule has 1 N–H and O–H groups in total. The maximum atomic E-state index is 13.2. The summed E-state index contributed by atoms with van der Waals surface area (Å²) in [5.74, 6) is 0.233. The number of hydrogen-bond donors (Lipinski definition) is 1. The third-order valence-electron chi connectivity index (χ3n) is 5.88. The van der Waals surface area contributed by atoms with Gasteiger partial charge in [0.15, 0.2) is 0 Å². The lowest BCUT2D eigenvalue weighted by atomic mass is 10.0. The predicted molar refractivity (Wildman–Crippen MR) is 129 cm³/mol. The molecule has 0 saturated carbocycles. The number of methoxy groups -OCH3 is 1. The van der Waals surface area contributed by atoms with Crippen molar-refractivity contribution in [1.82, 2.24) is 19.8 Å². The van der Waals surface area contributed by atoms with Crippen molar-refractivity contribution in [3.8, 4) is 5.75 Å². The van der Waals surface area contributed by atoms with Crippen molar-refractivity contribution in [2.75, 3.05) is 44.8 Å². The van der Waals surface area contributed by atoms with Crippen molar-refractivity contribution in [2.45, 2.75) is 32.5 Å². The average Bonchev–Trinajstić information content (AvgIpc) is 2.79. The molecule has 186 valence electrons. The minimum absolute atomic E-state index is 0.0215. The summed E-state index contributed by atoms with van der Waals surface area (Å²) in [4.78, 5) is 25.4. The fourth-order valence-electron chi connectivity index (χ4n) is 3.99. The second kappa shape index (κ2) is 11.1. The molecule has 0 radical (unpaired) electrons. The molecule has 0 unspecified atom stereocenters. The van der Waals surface area contributed by atoms with Crippen LogP contribution in [0.1, 0.15) is 29.8 Å². The van der Waals surface area contributed by atoms with Gasteiger partial charge >= 0.3 is 0 Å². The van der Waals surface area contributed by atoms with Gasteiger partial charge in [0, 0.05) is 63.9 Å². The van der Waals surface area contributed by atoms with E-state index in [2.05, 4.69) is 33.4 Å². The Morgan fingerprint density at radius 3 is 2.56 bits per heavy atom. The van der Waals surface area contributed by atoms with Gasteiger partial charge in [0.1, 0.15) is 18.7 Å². The van der Waals surface area contributed by atoms with Crippen LogP contribution in [0.4, 0.5) is 5.69 Å². The maximum absolute atomic E-state index is 13.2. The number of carbonyl (C=O) groups is 1. The lowest BCUT2D eigenvalue weighted by Gasteiger charge is -2.36. The van der Waals surface area contributed by atoms with E-state index in [1.807, 2.05) is 0 Å². The molecule has 1 aliphatic rings. The minimum atomic E-state index is -3.48. The summed E-state index contributed by atoms with van der Waals surface area (Å²) in [7, 11) is -0.0962. The fraction of sp³-hybridized carbons (Fsp3) is 0.522. The summed E-state index contributed by atoms with van der Waals surface area (Å²) in [6.45, 7) is 6.19. The molecule has 10 nitrogen and oxygen atoms in total. The van der Waals surface area contributed by atoms with E-state index < -0.39 is 10.0 Å². The molecule has 0 saturated heterocycles. The molecule has 1 amide bonds. The normalized spacial score (nSPS) is 22.8. The number of ether oxygens (including phenoxy) is 2. The molecule has 2 heterocycles. The Morgan fingerprint density at radius 2 is 1.91 bits per heavy atom. The zero-order valence-corrected chi connectivity index (χ0v) is 21.1. The number of nitrogens with zero attached hydrogens (tertiary/aromatic N) is 4. The van der Waals surface area contributed by atoms with Crippen LogP contribution >= 0.6 is 0 Å². The van der Waals surface area contributed by atoms with Crippen LogP contribution < -0.4 is 9.46 Å². The molecule has 3 rings (SSSR count). The van der Waals surface area contributed by atoms with E-state index in [0.29, 0.717) is 43.2 Å². The lowest BCUT2D eigenvalue weighted by molar-refractivity contribution is 0.00918. The number of sulfonamides is 1. The minimum Gasteiger partial charge on any atom is -0.491 e. The number of carbonyl (C=O) groups excluding carboxylic acids is 1. The SMILES string of the molecule is CO[C@@H]1CN(C)C(=O)c2ccc(NS(C)(=O)=O)cc2OC[C@@H](C)N(Cc2cncnc2)C[C@@H]1C. The van der Waals surface area contributed by atoms with Crippen LogP contribution in [0.25, 0.3) is 0 Å². The van der Waals surface area contributed by atoms with Gasteiger partial charge < -0.3 is 14.4 Å². The highest BCUT2D eigenvalue weighted by molar-refractivity contribution is 7.92. The van der Waals surface area contributed by atoms with E-state index in [9.17, 15) is 13.2 Å². The summed E-state index contributed by atoms with van der Waals surface area (Å²) in [6.07, 6.45) is 5.99. The standard InChI is InChI=1S/C23H33N5O5S/c1-16-11-28(12-18-9-24-15-25-10-18)17(2)14-33-21-8-19(26-34(5,30)31)6-7-20(21)23(29)27(3)13-22(16)32-4/h6-10,15-17,22,26H,11-14H2,1-5H3/t16-,17+,22+/m0/s1. The second-order valence-electron chi connectivity index (χ2n) is 8.86. The van der Waals surface area contributed by atoms with Crippen LogP contribution in [0.3, 0.4) is 0 Å². The Balaban J connectivity index is 1.96. The van der Waals surface area contributed by atoms with Gasteiger partial charge in [0.05, 0.1) is 23.6 Å². The van der Waals surface area contributed by atoms with Gasteiger partial charge in [-0.15, -0.1) is 0 Å². The highest BCUT2D eigenvalue weighted by Gasteiger charge is 2.28. The van der Waals surface area contributed by atoms with Crippen molar-refractivity contribution in [3.05, 3.63) is 48.0 Å². The van der Waals surface area contributed by atoms with Crippen LogP contribution in [0.2, 0.25) is 0 Å². The Bertz CT molecular complexity index is 1080. The lowest BCUT2D eigenvalue weighted by Crippen LogP contribution is -2.46. The summed E-state index contributed by atoms with van der Waals surface area (Å²) in [5, 5.41) is 0. The summed E-state index contributed by atoms with van der Waals surface area (Å²) >= 11 is 0. The van der Waals surface area contributed by atoms with Crippen LogP contribution in [0.5, 0.6) is 5.75 Å². The molecular formula is C23H33N5O5S. The van der Waals surface area contributed by atoms with Crippen LogP contribution in [-0.4, -0.2) is 86.3 Å². The topological polar surface area (TPSA) is 114 Å². The number of likely N-dealkylation sites (N-methyl/N-ethyl adjacent to an activating group) is 1. The third kappa shape index (κ3) is 6.87. The zero-order chi connectivity index (χ0) is 24.9. The van der Waals surface area contributed by atoms with Crippen LogP contribution in [0.15, 0.2) is 36.9 Å². The van der Waals surface area contributed by atoms with Crippen LogP contribution in [-0.2, 0) is 21.3 Å². The highest BCUT2D eigenvalue weighted by Crippen LogP contribution is 2.27. The van der Waals surface area contributed by atoms with E-state index >= 15 is 0 Å². The predicted octanol–water partition coefficient (Wildman–Crippen LogP) is 1.85. The molecule has 1 aromatic heterocycles. The molecule has 0 fully saturated rings. The van der Waals surface area contributed by atoms with Gasteiger partial charge in [-0.05, 0) is 25.0 Å². The van der Waals surface area contributed by atoms with Gasteiger partial charge in [-0.2, -0.15) is 0 Å². The number of hydrogen-bond acceptors (Lipinski definition) is 8. The number of aromatic nitrogens is 2. The first kappa shape index (κ1) is 25.9. The smallest absolute Gasteiger partial charge is 0.257 e. The second-order valence-corrected chi connectivity index (χ2v) is 10.6. The third-order valence-corrected chi connectivity index (χ3v) is 6.49. The van der Waals surface area contributed by atoms with E-state index in [4.69, 9.17) is 9.47 Å². The van der Waals surface area contributed by atoms with E-state index in [0.717, 1.165) is 11.8 Å². The molecule has 0 spiro atoms. The van der Waals surface area contributed by atoms with Crippen molar-refractivity contribution in [1.29, 1.82) is 0 Å². The first-order chi connectivity index (χ1) is 16.1. The van der Waals surface area contributed by atoms with E-state index in [-0.39, 0.29) is 24.0 Å². The largest absolute Gasteiger partial charge is 0.491 e. The molecule has 0 bridgehead atoms. The number of benzene rings is 1. The summed E-state index contributed by atoms with van der Waals surface area (Å²) in [5.41, 5.74) is 1.67. The zero-order valence-electron chi connectivity index (χ0n) is 20.3. The first-order valence-electron chi connectivity index (χ1n) is 11.1. The van der Waals surface area contributed by atoms with Gasteiger partial charge in [-0.1, -0.05) is 6.92 Å². The molecule has 1 aromatic carbocycles. The molecule has 3 atom stereocenters. The number of fused-ring (bicyclic) bond motifs is 1. The number of nitrogens with one attached hydrogen (secondary N) is 1. The average molecular weight is 492 g/mol. The number of rotatable bonds is 5. The van der Waals surface area contributed by atoms with Gasteiger partial charge in [-0.25, -0.2) is 18.4 Å². The monoisotopic (exact) mass is 491 g/mol. The summed E-state index contributed by atoms with van der Waals surface area (Å²) in [6, 6.07) is 4.67.